The molecule has 0 aromatic heterocycles. The van der Waals surface area contributed by atoms with Gasteiger partial charge in [-0.3, -0.25) is 4.79 Å². The summed E-state index contributed by atoms with van der Waals surface area (Å²) in [6.45, 7) is 3.72. The van der Waals surface area contributed by atoms with E-state index < -0.39 is 0 Å². The summed E-state index contributed by atoms with van der Waals surface area (Å²) in [5, 5.41) is 0. The van der Waals surface area contributed by atoms with Crippen LogP contribution in [0.25, 0.3) is 0 Å². The molecule has 32 heavy (non-hydrogen) atoms. The molecule has 0 bridgehead atoms. The number of hydrogen-bond acceptors (Lipinski definition) is 4. The van der Waals surface area contributed by atoms with Gasteiger partial charge in [0.25, 0.3) is 0 Å². The van der Waals surface area contributed by atoms with Crippen LogP contribution in [0.1, 0.15) is 22.8 Å². The number of ketones is 1. The van der Waals surface area contributed by atoms with Crippen molar-refractivity contribution in [3.63, 3.8) is 0 Å². The highest BCUT2D eigenvalue weighted by molar-refractivity contribution is 8.59. The van der Waals surface area contributed by atoms with Gasteiger partial charge >= 0.3 is 0 Å². The smallest absolute Gasteiger partial charge is 0.166 e. The lowest BCUT2D eigenvalue weighted by atomic mass is 10.2. The second-order valence-corrected chi connectivity index (χ2v) is 10.3. The molecule has 0 saturated heterocycles. The average molecular weight is 494 g/mol. The molecule has 0 spiro atoms. The largest absolute Gasteiger partial charge is 0.295 e. The third kappa shape index (κ3) is 6.48. The average Bonchev–Trinajstić information content (AvgIpc) is 2.84. The van der Waals surface area contributed by atoms with Crippen LogP contribution in [-0.4, -0.2) is 5.78 Å². The van der Waals surface area contributed by atoms with Gasteiger partial charge in [-0.15, -0.1) is 23.3 Å². The molecule has 0 radical (unpaired) electrons. The van der Waals surface area contributed by atoms with Crippen molar-refractivity contribution in [1.29, 1.82) is 0 Å². The lowest BCUT2D eigenvalue weighted by Gasteiger charge is -2.10. The summed E-state index contributed by atoms with van der Waals surface area (Å²) in [6, 6.07) is 36.1. The van der Waals surface area contributed by atoms with Crippen LogP contribution in [0.3, 0.4) is 0 Å². The predicted octanol–water partition coefficient (Wildman–Crippen LogP) is 8.21. The molecule has 0 N–H and O–H groups in total. The van der Waals surface area contributed by atoms with Crippen molar-refractivity contribution in [2.45, 2.75) is 38.3 Å². The molecule has 1 atom stereocenters. The standard InChI is InChI=1S/C27H23OS2.H2S2/c1-20-8-14-25(15-9-20)30(26-16-10-22(11-17-26)21(2)28)27-18-12-24(13-19-27)29-23-6-4-3-5-7-23;1-2/h3-19H,1-2H3;1-2H/q+1;. The minimum Gasteiger partial charge on any atom is -0.295 e. The molecule has 0 saturated carbocycles. The fourth-order valence-corrected chi connectivity index (χ4v) is 6.06. The molecule has 4 aromatic carbocycles. The lowest BCUT2D eigenvalue weighted by Crippen LogP contribution is -2.05. The van der Waals surface area contributed by atoms with E-state index in [1.165, 1.54) is 30.0 Å². The third-order valence-electron chi connectivity index (χ3n) is 4.79. The minimum absolute atomic E-state index is 0.0964. The molecule has 4 aromatic rings. The molecule has 1 nitrogen and oxygen atoms in total. The van der Waals surface area contributed by atoms with Gasteiger partial charge in [0.15, 0.2) is 20.5 Å². The Hall–Kier alpha value is -2.05. The van der Waals surface area contributed by atoms with Crippen LogP contribution in [0.4, 0.5) is 0 Å². The van der Waals surface area contributed by atoms with Crippen molar-refractivity contribution in [3.05, 3.63) is 114 Å². The second-order valence-electron chi connectivity index (χ2n) is 7.09. The van der Waals surface area contributed by atoms with Gasteiger partial charge in [0.1, 0.15) is 0 Å². The molecular formula is C27H25OS4+. The zero-order valence-electron chi connectivity index (χ0n) is 17.9. The summed E-state index contributed by atoms with van der Waals surface area (Å²) in [5.74, 6) is 0.0964. The maximum absolute atomic E-state index is 11.7. The zero-order chi connectivity index (χ0) is 22.9. The number of carbonyl (C=O) groups excluding carboxylic acids is 1. The van der Waals surface area contributed by atoms with Gasteiger partial charge in [-0.05, 0) is 86.6 Å². The quantitative estimate of drug-likeness (QED) is 0.122. The maximum atomic E-state index is 11.7. The number of benzene rings is 4. The first-order valence-corrected chi connectivity index (χ1v) is 13.7. The fourth-order valence-electron chi connectivity index (χ4n) is 3.18. The van der Waals surface area contributed by atoms with E-state index in [2.05, 4.69) is 115 Å². The first-order valence-electron chi connectivity index (χ1n) is 10.0. The lowest BCUT2D eigenvalue weighted by molar-refractivity contribution is 0.101. The van der Waals surface area contributed by atoms with Gasteiger partial charge in [0.2, 0.25) is 0 Å². The Morgan fingerprint density at radius 3 is 1.59 bits per heavy atom. The van der Waals surface area contributed by atoms with Crippen molar-refractivity contribution in [3.8, 4) is 0 Å². The summed E-state index contributed by atoms with van der Waals surface area (Å²) >= 11 is 8.22. The van der Waals surface area contributed by atoms with Crippen LogP contribution < -0.4 is 0 Å². The Morgan fingerprint density at radius 1 is 0.656 bits per heavy atom. The van der Waals surface area contributed by atoms with E-state index in [0.29, 0.717) is 0 Å². The van der Waals surface area contributed by atoms with Crippen molar-refractivity contribution in [2.24, 2.45) is 0 Å². The number of hydrogen-bond donors (Lipinski definition) is 2. The Morgan fingerprint density at radius 2 is 1.09 bits per heavy atom. The fraction of sp³-hybridized carbons (Fsp3) is 0.0741. The maximum Gasteiger partial charge on any atom is 0.166 e. The normalized spacial score (nSPS) is 11.2. The van der Waals surface area contributed by atoms with Crippen molar-refractivity contribution >= 4 is 51.8 Å². The van der Waals surface area contributed by atoms with Gasteiger partial charge in [-0.25, -0.2) is 0 Å². The summed E-state index contributed by atoms with van der Waals surface area (Å²) in [4.78, 5) is 17.9. The third-order valence-corrected chi connectivity index (χ3v) is 8.04. The Bertz CT molecular complexity index is 1120. The Balaban J connectivity index is 0.00000141. The zero-order valence-corrected chi connectivity index (χ0v) is 21.4. The van der Waals surface area contributed by atoms with Crippen LogP contribution >= 0.6 is 35.1 Å². The number of aryl methyl sites for hydroxylation is 1. The second kappa shape index (κ2) is 12.3. The van der Waals surface area contributed by atoms with Crippen LogP contribution in [0.15, 0.2) is 128 Å². The SMILES string of the molecule is CC(=O)c1ccc([S+](c2ccc(C)cc2)c2ccc(Sc3ccccc3)cc2)cc1.SS. The van der Waals surface area contributed by atoms with Gasteiger partial charge in [-0.1, -0.05) is 47.7 Å². The molecule has 5 heteroatoms. The van der Waals surface area contributed by atoms with E-state index in [1.807, 2.05) is 18.2 Å². The Kier molecular flexibility index (Phi) is 9.42. The first-order chi connectivity index (χ1) is 15.6. The molecule has 0 aliphatic carbocycles. The van der Waals surface area contributed by atoms with Crippen LogP contribution in [0.5, 0.6) is 0 Å². The molecule has 0 amide bonds. The summed E-state index contributed by atoms with van der Waals surface area (Å²) in [6.07, 6.45) is 0. The van der Waals surface area contributed by atoms with E-state index in [0.717, 1.165) is 5.56 Å². The highest BCUT2D eigenvalue weighted by Gasteiger charge is 2.28. The van der Waals surface area contributed by atoms with Crippen LogP contribution in [-0.2, 0) is 10.9 Å². The van der Waals surface area contributed by atoms with E-state index in [9.17, 15) is 4.79 Å². The number of Topliss-reactive ketones (excluding diaryl/α,β-unsaturated/α-hetero) is 1. The van der Waals surface area contributed by atoms with E-state index in [1.54, 1.807) is 18.7 Å². The summed E-state index contributed by atoms with van der Waals surface area (Å²) in [5.41, 5.74) is 2.00. The van der Waals surface area contributed by atoms with Crippen molar-refractivity contribution < 1.29 is 4.79 Å². The van der Waals surface area contributed by atoms with E-state index in [-0.39, 0.29) is 16.7 Å². The van der Waals surface area contributed by atoms with Gasteiger partial charge in [-0.2, -0.15) is 0 Å². The molecule has 0 aliphatic heterocycles. The highest BCUT2D eigenvalue weighted by atomic mass is 33.1. The Labute approximate surface area is 208 Å². The van der Waals surface area contributed by atoms with Gasteiger partial charge in [0.05, 0.1) is 10.9 Å². The van der Waals surface area contributed by atoms with Crippen LogP contribution in [0.2, 0.25) is 0 Å². The monoisotopic (exact) mass is 493 g/mol. The van der Waals surface area contributed by atoms with Gasteiger partial charge < -0.3 is 0 Å². The minimum atomic E-state index is -0.220. The predicted molar refractivity (Wildman–Crippen MR) is 145 cm³/mol. The van der Waals surface area contributed by atoms with Crippen molar-refractivity contribution in [1.82, 2.24) is 0 Å². The molecule has 162 valence electrons. The summed E-state index contributed by atoms with van der Waals surface area (Å²) < 4.78 is 0. The number of rotatable bonds is 6. The highest BCUT2D eigenvalue weighted by Crippen LogP contribution is 2.34. The van der Waals surface area contributed by atoms with E-state index in [4.69, 9.17) is 0 Å². The molecule has 0 fully saturated rings. The topological polar surface area (TPSA) is 17.1 Å². The van der Waals surface area contributed by atoms with E-state index >= 15 is 0 Å². The number of thiol groups is 2. The van der Waals surface area contributed by atoms with Gasteiger partial charge in [0, 0.05) is 15.4 Å². The molecule has 4 rings (SSSR count). The first kappa shape index (κ1) is 24.6. The van der Waals surface area contributed by atoms with Crippen LogP contribution in [0, 0.1) is 6.92 Å². The molecule has 0 heterocycles. The molecule has 1 unspecified atom stereocenters. The van der Waals surface area contributed by atoms with Crippen molar-refractivity contribution in [2.75, 3.05) is 0 Å². The molecule has 0 aliphatic rings. The summed E-state index contributed by atoms with van der Waals surface area (Å²) in [7, 11) is -0.220. The molecular weight excluding hydrogens is 469 g/mol. The number of carbonyl (C=O) groups is 1.